The minimum Gasteiger partial charge on any atom is -0.293 e. The summed E-state index contributed by atoms with van der Waals surface area (Å²) in [5.74, 6) is 0.294. The highest BCUT2D eigenvalue weighted by atomic mass is 127. The maximum Gasteiger partial charge on any atom is 0.175 e. The Kier molecular flexibility index (Phi) is 17.1. The monoisotopic (exact) mass is 498 g/mol. The number of ketones is 1. The van der Waals surface area contributed by atoms with Crippen LogP contribution in [0.15, 0.2) is 30.3 Å². The molecule has 0 N–H and O–H groups in total. The Bertz CT molecular complexity index is 471. The fourth-order valence-corrected chi connectivity index (χ4v) is 4.59. The molecule has 0 bridgehead atoms. The summed E-state index contributed by atoms with van der Waals surface area (Å²) >= 11 is 2.32. The van der Waals surface area contributed by atoms with E-state index in [0.29, 0.717) is 5.78 Å². The summed E-state index contributed by atoms with van der Waals surface area (Å²) in [6, 6.07) is 9.73. The fraction of sp³-hybridized carbons (Fsp3) is 0.731. The summed E-state index contributed by atoms with van der Waals surface area (Å²) in [6.07, 6.45) is 23.3. The standard InChI is InChI=1S/C26H43IO/c1-2-3-4-5-6-7-8-9-10-11-12-13-14-15-16-20-23-25(27)26(28)24-21-18-17-19-22-24/h17-19,21-22,25H,2-16,20,23H2,1H3. The van der Waals surface area contributed by atoms with E-state index >= 15 is 0 Å². The molecule has 1 rings (SSSR count). The van der Waals surface area contributed by atoms with Crippen molar-refractivity contribution in [3.63, 3.8) is 0 Å². The average molecular weight is 499 g/mol. The number of carbonyl (C=O) groups excluding carboxylic acids is 1. The van der Waals surface area contributed by atoms with Crippen LogP contribution in [0.25, 0.3) is 0 Å². The lowest BCUT2D eigenvalue weighted by atomic mass is 10.0. The van der Waals surface area contributed by atoms with Crippen molar-refractivity contribution in [2.45, 2.75) is 120 Å². The zero-order valence-electron chi connectivity index (χ0n) is 18.3. The number of benzene rings is 1. The van der Waals surface area contributed by atoms with Crippen molar-refractivity contribution in [1.82, 2.24) is 0 Å². The highest BCUT2D eigenvalue weighted by Crippen LogP contribution is 2.19. The van der Waals surface area contributed by atoms with Crippen LogP contribution in [0.1, 0.15) is 126 Å². The van der Waals surface area contributed by atoms with E-state index in [9.17, 15) is 4.79 Å². The number of hydrogen-bond acceptors (Lipinski definition) is 1. The van der Waals surface area contributed by atoms with Gasteiger partial charge in [0.1, 0.15) is 0 Å². The Labute approximate surface area is 188 Å². The number of alkyl halides is 1. The second-order valence-corrected chi connectivity index (χ2v) is 9.79. The molecule has 1 atom stereocenters. The molecular weight excluding hydrogens is 455 g/mol. The topological polar surface area (TPSA) is 17.1 Å². The van der Waals surface area contributed by atoms with Gasteiger partial charge in [-0.15, -0.1) is 0 Å². The lowest BCUT2D eigenvalue weighted by Crippen LogP contribution is -2.13. The zero-order chi connectivity index (χ0) is 20.3. The molecule has 0 aliphatic heterocycles. The predicted molar refractivity (Wildman–Crippen MR) is 133 cm³/mol. The van der Waals surface area contributed by atoms with Crippen LogP contribution in [0.3, 0.4) is 0 Å². The highest BCUT2D eigenvalue weighted by molar-refractivity contribution is 14.1. The van der Waals surface area contributed by atoms with Gasteiger partial charge in [-0.2, -0.15) is 0 Å². The Morgan fingerprint density at radius 3 is 1.50 bits per heavy atom. The van der Waals surface area contributed by atoms with Gasteiger partial charge < -0.3 is 0 Å². The maximum absolute atomic E-state index is 12.3. The van der Waals surface area contributed by atoms with Gasteiger partial charge in [0.05, 0.1) is 3.92 Å². The summed E-state index contributed by atoms with van der Waals surface area (Å²) < 4.78 is 0.131. The fourth-order valence-electron chi connectivity index (χ4n) is 3.79. The van der Waals surface area contributed by atoms with Gasteiger partial charge in [-0.05, 0) is 6.42 Å². The van der Waals surface area contributed by atoms with Gasteiger partial charge in [-0.3, -0.25) is 4.79 Å². The number of Topliss-reactive ketones (excluding diaryl/α,β-unsaturated/α-hetero) is 1. The molecule has 0 aromatic heterocycles. The number of hydrogen-bond donors (Lipinski definition) is 0. The minimum atomic E-state index is 0.131. The quantitative estimate of drug-likeness (QED) is 0.0804. The lowest BCUT2D eigenvalue weighted by molar-refractivity contribution is 0.0991. The number of halogens is 1. The molecule has 0 spiro atoms. The summed E-state index contributed by atoms with van der Waals surface area (Å²) in [4.78, 5) is 12.3. The first-order chi connectivity index (χ1) is 13.8. The molecule has 0 saturated carbocycles. The molecule has 0 aliphatic rings. The maximum atomic E-state index is 12.3. The third kappa shape index (κ3) is 13.7. The Morgan fingerprint density at radius 2 is 1.07 bits per heavy atom. The van der Waals surface area contributed by atoms with E-state index in [0.717, 1.165) is 12.0 Å². The van der Waals surface area contributed by atoms with E-state index < -0.39 is 0 Å². The van der Waals surface area contributed by atoms with Crippen LogP contribution in [0.2, 0.25) is 0 Å². The molecule has 1 aromatic rings. The molecule has 1 unspecified atom stereocenters. The van der Waals surface area contributed by atoms with Crippen LogP contribution in [0.4, 0.5) is 0 Å². The second kappa shape index (κ2) is 18.6. The van der Waals surface area contributed by atoms with Crippen LogP contribution in [-0.2, 0) is 0 Å². The van der Waals surface area contributed by atoms with E-state index in [-0.39, 0.29) is 3.92 Å². The Hall–Kier alpha value is -0.380. The summed E-state index contributed by atoms with van der Waals surface area (Å²) in [6.45, 7) is 2.29. The zero-order valence-corrected chi connectivity index (χ0v) is 20.4. The molecule has 28 heavy (non-hydrogen) atoms. The van der Waals surface area contributed by atoms with Crippen molar-refractivity contribution < 1.29 is 4.79 Å². The first-order valence-corrected chi connectivity index (χ1v) is 13.2. The first-order valence-electron chi connectivity index (χ1n) is 12.0. The predicted octanol–water partition coefficient (Wildman–Crippen LogP) is 9.32. The minimum absolute atomic E-state index is 0.131. The van der Waals surface area contributed by atoms with E-state index in [4.69, 9.17) is 0 Å². The van der Waals surface area contributed by atoms with Gasteiger partial charge in [-0.25, -0.2) is 0 Å². The molecule has 0 radical (unpaired) electrons. The third-order valence-corrected chi connectivity index (χ3v) is 6.84. The lowest BCUT2D eigenvalue weighted by Gasteiger charge is -2.09. The molecule has 160 valence electrons. The highest BCUT2D eigenvalue weighted by Gasteiger charge is 2.15. The Balaban J connectivity index is 1.82. The number of rotatable bonds is 19. The van der Waals surface area contributed by atoms with Crippen molar-refractivity contribution >= 4 is 28.4 Å². The molecule has 1 aromatic carbocycles. The molecule has 1 nitrogen and oxygen atoms in total. The van der Waals surface area contributed by atoms with E-state index in [1.165, 1.54) is 103 Å². The summed E-state index contributed by atoms with van der Waals surface area (Å²) in [5.41, 5.74) is 0.860. The van der Waals surface area contributed by atoms with Crippen molar-refractivity contribution in [2.75, 3.05) is 0 Å². The smallest absolute Gasteiger partial charge is 0.175 e. The molecule has 2 heteroatoms. The SMILES string of the molecule is CCCCCCCCCCCCCCCCCCC(I)C(=O)c1ccccc1. The van der Waals surface area contributed by atoms with Crippen LogP contribution in [0.5, 0.6) is 0 Å². The van der Waals surface area contributed by atoms with Gasteiger partial charge in [0, 0.05) is 5.56 Å². The van der Waals surface area contributed by atoms with Crippen LogP contribution < -0.4 is 0 Å². The number of unbranched alkanes of at least 4 members (excludes halogenated alkanes) is 15. The van der Waals surface area contributed by atoms with Gasteiger partial charge in [0.15, 0.2) is 5.78 Å². The third-order valence-electron chi connectivity index (χ3n) is 5.65. The summed E-state index contributed by atoms with van der Waals surface area (Å²) in [5, 5.41) is 0. The van der Waals surface area contributed by atoms with Gasteiger partial charge in [-0.1, -0.05) is 163 Å². The van der Waals surface area contributed by atoms with Crippen molar-refractivity contribution in [2.24, 2.45) is 0 Å². The second-order valence-electron chi connectivity index (χ2n) is 8.29. The van der Waals surface area contributed by atoms with E-state index in [1.54, 1.807) is 0 Å². The molecule has 0 fully saturated rings. The van der Waals surface area contributed by atoms with E-state index in [2.05, 4.69) is 29.5 Å². The molecule has 0 saturated heterocycles. The van der Waals surface area contributed by atoms with Gasteiger partial charge >= 0.3 is 0 Å². The van der Waals surface area contributed by atoms with Crippen LogP contribution >= 0.6 is 22.6 Å². The average Bonchev–Trinajstić information content (AvgIpc) is 2.73. The molecular formula is C26H43IO. The first kappa shape index (κ1) is 25.7. The van der Waals surface area contributed by atoms with Gasteiger partial charge in [0.25, 0.3) is 0 Å². The van der Waals surface area contributed by atoms with Crippen molar-refractivity contribution in [3.8, 4) is 0 Å². The van der Waals surface area contributed by atoms with Crippen molar-refractivity contribution in [3.05, 3.63) is 35.9 Å². The molecule has 0 amide bonds. The van der Waals surface area contributed by atoms with Gasteiger partial charge in [0.2, 0.25) is 0 Å². The number of carbonyl (C=O) groups is 1. The van der Waals surface area contributed by atoms with Crippen LogP contribution in [0, 0.1) is 0 Å². The largest absolute Gasteiger partial charge is 0.293 e. The van der Waals surface area contributed by atoms with E-state index in [1.807, 2.05) is 30.3 Å². The molecule has 0 aliphatic carbocycles. The Morgan fingerprint density at radius 1 is 0.679 bits per heavy atom. The van der Waals surface area contributed by atoms with Crippen LogP contribution in [-0.4, -0.2) is 9.71 Å². The summed E-state index contributed by atoms with van der Waals surface area (Å²) in [7, 11) is 0. The van der Waals surface area contributed by atoms with Crippen molar-refractivity contribution in [1.29, 1.82) is 0 Å². The normalized spacial score (nSPS) is 12.2. The molecule has 0 heterocycles.